The van der Waals surface area contributed by atoms with E-state index in [-0.39, 0.29) is 5.82 Å². The SMILES string of the molecule is COc1ccc2c(c1)nc(-c1ccccc1)n2CCOc1ccc(F)cc1. The molecule has 27 heavy (non-hydrogen) atoms. The summed E-state index contributed by atoms with van der Waals surface area (Å²) in [5, 5.41) is 0. The van der Waals surface area contributed by atoms with Crippen molar-refractivity contribution in [3.63, 3.8) is 0 Å². The van der Waals surface area contributed by atoms with Crippen molar-refractivity contribution in [2.24, 2.45) is 0 Å². The lowest BCUT2D eigenvalue weighted by Gasteiger charge is -2.11. The predicted octanol–water partition coefficient (Wildman–Crippen LogP) is 4.93. The average molecular weight is 362 g/mol. The molecule has 0 saturated carbocycles. The van der Waals surface area contributed by atoms with Crippen LogP contribution in [0.5, 0.6) is 11.5 Å². The Balaban J connectivity index is 1.65. The van der Waals surface area contributed by atoms with Crippen molar-refractivity contribution < 1.29 is 13.9 Å². The second-order valence-corrected chi connectivity index (χ2v) is 6.11. The average Bonchev–Trinajstić information content (AvgIpc) is 3.08. The van der Waals surface area contributed by atoms with E-state index in [1.165, 1.54) is 12.1 Å². The van der Waals surface area contributed by atoms with Gasteiger partial charge in [-0.1, -0.05) is 30.3 Å². The molecule has 0 aliphatic rings. The minimum absolute atomic E-state index is 0.275. The summed E-state index contributed by atoms with van der Waals surface area (Å²) >= 11 is 0. The van der Waals surface area contributed by atoms with Gasteiger partial charge in [-0.15, -0.1) is 0 Å². The van der Waals surface area contributed by atoms with Gasteiger partial charge in [-0.05, 0) is 36.4 Å². The molecule has 0 aliphatic carbocycles. The number of rotatable bonds is 6. The van der Waals surface area contributed by atoms with Crippen molar-refractivity contribution in [3.05, 3.63) is 78.6 Å². The van der Waals surface area contributed by atoms with Gasteiger partial charge in [-0.25, -0.2) is 9.37 Å². The number of nitrogens with zero attached hydrogens (tertiary/aromatic N) is 2. The van der Waals surface area contributed by atoms with Gasteiger partial charge in [0.15, 0.2) is 0 Å². The predicted molar refractivity (Wildman–Crippen MR) is 104 cm³/mol. The lowest BCUT2D eigenvalue weighted by atomic mass is 10.2. The second-order valence-electron chi connectivity index (χ2n) is 6.11. The molecule has 4 rings (SSSR count). The number of hydrogen-bond acceptors (Lipinski definition) is 3. The Morgan fingerprint density at radius 3 is 2.41 bits per heavy atom. The summed E-state index contributed by atoms with van der Waals surface area (Å²) in [6.45, 7) is 1.06. The molecule has 0 atom stereocenters. The number of fused-ring (bicyclic) bond motifs is 1. The third kappa shape index (κ3) is 3.62. The topological polar surface area (TPSA) is 36.3 Å². The highest BCUT2D eigenvalue weighted by Crippen LogP contribution is 2.27. The molecule has 136 valence electrons. The van der Waals surface area contributed by atoms with Crippen molar-refractivity contribution in [2.75, 3.05) is 13.7 Å². The van der Waals surface area contributed by atoms with Crippen LogP contribution in [0.25, 0.3) is 22.4 Å². The van der Waals surface area contributed by atoms with Gasteiger partial charge in [-0.3, -0.25) is 0 Å². The normalized spacial score (nSPS) is 10.9. The molecule has 5 heteroatoms. The molecule has 0 amide bonds. The lowest BCUT2D eigenvalue weighted by Crippen LogP contribution is -2.09. The van der Waals surface area contributed by atoms with Gasteiger partial charge >= 0.3 is 0 Å². The van der Waals surface area contributed by atoms with Crippen LogP contribution in [0, 0.1) is 5.82 Å². The zero-order chi connectivity index (χ0) is 18.6. The summed E-state index contributed by atoms with van der Waals surface area (Å²) in [6.07, 6.45) is 0. The number of benzene rings is 3. The van der Waals surface area contributed by atoms with Gasteiger partial charge in [0.05, 0.1) is 24.7 Å². The summed E-state index contributed by atoms with van der Waals surface area (Å²) in [7, 11) is 1.65. The zero-order valence-corrected chi connectivity index (χ0v) is 14.9. The van der Waals surface area contributed by atoms with E-state index < -0.39 is 0 Å². The third-order valence-corrected chi connectivity index (χ3v) is 4.38. The van der Waals surface area contributed by atoms with Crippen LogP contribution >= 0.6 is 0 Å². The highest BCUT2D eigenvalue weighted by Gasteiger charge is 2.13. The Morgan fingerprint density at radius 1 is 0.926 bits per heavy atom. The molecule has 0 saturated heterocycles. The van der Waals surface area contributed by atoms with Crippen LogP contribution in [0.1, 0.15) is 0 Å². The molecule has 0 unspecified atom stereocenters. The largest absolute Gasteiger partial charge is 0.497 e. The first-order valence-corrected chi connectivity index (χ1v) is 8.72. The Hall–Kier alpha value is -3.34. The molecule has 0 fully saturated rings. The van der Waals surface area contributed by atoms with Crippen LogP contribution in [0.2, 0.25) is 0 Å². The van der Waals surface area contributed by atoms with Gasteiger partial charge in [0.25, 0.3) is 0 Å². The molecule has 4 aromatic rings. The standard InChI is InChI=1S/C22H19FN2O2/c1-26-19-11-12-21-20(15-19)24-22(16-5-3-2-4-6-16)25(21)13-14-27-18-9-7-17(23)8-10-18/h2-12,15H,13-14H2,1H3. The molecule has 0 bridgehead atoms. The fraction of sp³-hybridized carbons (Fsp3) is 0.136. The van der Waals surface area contributed by atoms with E-state index in [4.69, 9.17) is 14.5 Å². The second kappa shape index (κ2) is 7.50. The van der Waals surface area contributed by atoms with Crippen molar-refractivity contribution in [2.45, 2.75) is 6.54 Å². The molecular formula is C22H19FN2O2. The van der Waals surface area contributed by atoms with Crippen LogP contribution < -0.4 is 9.47 Å². The van der Waals surface area contributed by atoms with E-state index in [0.29, 0.717) is 18.9 Å². The first-order chi connectivity index (χ1) is 13.2. The summed E-state index contributed by atoms with van der Waals surface area (Å²) in [6, 6.07) is 22.0. The van der Waals surface area contributed by atoms with Crippen molar-refractivity contribution in [1.82, 2.24) is 9.55 Å². The maximum absolute atomic E-state index is 13.0. The maximum atomic E-state index is 13.0. The number of aromatic nitrogens is 2. The first kappa shape index (κ1) is 17.1. The molecule has 0 radical (unpaired) electrons. The lowest BCUT2D eigenvalue weighted by molar-refractivity contribution is 0.300. The highest BCUT2D eigenvalue weighted by atomic mass is 19.1. The van der Waals surface area contributed by atoms with Gasteiger partial charge in [-0.2, -0.15) is 0 Å². The van der Waals surface area contributed by atoms with Gasteiger partial charge in [0.2, 0.25) is 0 Å². The van der Waals surface area contributed by atoms with Crippen molar-refractivity contribution in [1.29, 1.82) is 0 Å². The molecule has 1 aromatic heterocycles. The summed E-state index contributed by atoms with van der Waals surface area (Å²) in [5.41, 5.74) is 2.92. The monoisotopic (exact) mass is 362 g/mol. The minimum Gasteiger partial charge on any atom is -0.497 e. The number of ether oxygens (including phenoxy) is 2. The summed E-state index contributed by atoms with van der Waals surface area (Å²) < 4.78 is 26.3. The number of imidazole rings is 1. The van der Waals surface area contributed by atoms with Gasteiger partial charge in [0.1, 0.15) is 29.7 Å². The van der Waals surface area contributed by atoms with E-state index in [9.17, 15) is 4.39 Å². The maximum Gasteiger partial charge on any atom is 0.141 e. The van der Waals surface area contributed by atoms with E-state index in [2.05, 4.69) is 4.57 Å². The molecular weight excluding hydrogens is 343 g/mol. The Bertz CT molecular complexity index is 1040. The number of halogens is 1. The Morgan fingerprint density at radius 2 is 1.67 bits per heavy atom. The van der Waals surface area contributed by atoms with Crippen LogP contribution in [-0.2, 0) is 6.54 Å². The van der Waals surface area contributed by atoms with Crippen LogP contribution in [-0.4, -0.2) is 23.3 Å². The van der Waals surface area contributed by atoms with Crippen LogP contribution in [0.4, 0.5) is 4.39 Å². The van der Waals surface area contributed by atoms with E-state index in [0.717, 1.165) is 28.2 Å². The fourth-order valence-electron chi connectivity index (χ4n) is 3.06. The van der Waals surface area contributed by atoms with Crippen molar-refractivity contribution >= 4 is 11.0 Å². The number of hydrogen-bond donors (Lipinski definition) is 0. The van der Waals surface area contributed by atoms with E-state index in [1.54, 1.807) is 19.2 Å². The smallest absolute Gasteiger partial charge is 0.141 e. The number of methoxy groups -OCH3 is 1. The van der Waals surface area contributed by atoms with Crippen LogP contribution in [0.3, 0.4) is 0 Å². The summed E-state index contributed by atoms with van der Waals surface area (Å²) in [5.74, 6) is 2.02. The summed E-state index contributed by atoms with van der Waals surface area (Å²) in [4.78, 5) is 4.81. The molecule has 0 aliphatic heterocycles. The van der Waals surface area contributed by atoms with Gasteiger partial charge in [0, 0.05) is 11.6 Å². The molecule has 3 aromatic carbocycles. The minimum atomic E-state index is -0.275. The third-order valence-electron chi connectivity index (χ3n) is 4.38. The quantitative estimate of drug-likeness (QED) is 0.488. The molecule has 4 nitrogen and oxygen atoms in total. The fourth-order valence-corrected chi connectivity index (χ4v) is 3.06. The first-order valence-electron chi connectivity index (χ1n) is 8.72. The Labute approximate surface area is 156 Å². The molecule has 0 N–H and O–H groups in total. The van der Waals surface area contributed by atoms with Crippen LogP contribution in [0.15, 0.2) is 72.8 Å². The van der Waals surface area contributed by atoms with E-state index >= 15 is 0 Å². The Kier molecular flexibility index (Phi) is 4.75. The van der Waals surface area contributed by atoms with E-state index in [1.807, 2.05) is 48.5 Å². The van der Waals surface area contributed by atoms with Gasteiger partial charge < -0.3 is 14.0 Å². The molecule has 0 spiro atoms. The highest BCUT2D eigenvalue weighted by molar-refractivity contribution is 5.82. The van der Waals surface area contributed by atoms with Crippen molar-refractivity contribution in [3.8, 4) is 22.9 Å². The zero-order valence-electron chi connectivity index (χ0n) is 14.9. The molecule has 1 heterocycles.